The topological polar surface area (TPSA) is 75.8 Å². The van der Waals surface area contributed by atoms with E-state index < -0.39 is 0 Å². The van der Waals surface area contributed by atoms with Gasteiger partial charge in [-0.25, -0.2) is 4.99 Å². The van der Waals surface area contributed by atoms with Gasteiger partial charge in [-0.3, -0.25) is 4.40 Å². The van der Waals surface area contributed by atoms with Gasteiger partial charge in [-0.15, -0.1) is 40.6 Å². The van der Waals surface area contributed by atoms with Gasteiger partial charge in [-0.2, -0.15) is 0 Å². The predicted octanol–water partition coefficient (Wildman–Crippen LogP) is 2.66. The van der Waals surface area contributed by atoms with E-state index in [9.17, 15) is 0 Å². The molecule has 8 heteroatoms. The number of hydrogen-bond donors (Lipinski definition) is 2. The lowest BCUT2D eigenvalue weighted by Crippen LogP contribution is -2.38. The molecule has 3 rings (SSSR count). The summed E-state index contributed by atoms with van der Waals surface area (Å²) in [6.45, 7) is 4.32. The maximum absolute atomic E-state index is 5.39. The third kappa shape index (κ3) is 6.64. The van der Waals surface area contributed by atoms with Crippen molar-refractivity contribution in [2.45, 2.75) is 19.9 Å². The molecular weight excluding hydrogens is 479 g/mol. The van der Waals surface area contributed by atoms with Gasteiger partial charge in [0, 0.05) is 19.3 Å². The minimum absolute atomic E-state index is 0. The van der Waals surface area contributed by atoms with E-state index in [0.29, 0.717) is 6.54 Å². The lowest BCUT2D eigenvalue weighted by molar-refractivity contribution is 0.370. The zero-order valence-electron chi connectivity index (χ0n) is 16.3. The molecule has 7 nitrogen and oxygen atoms in total. The molecule has 0 saturated heterocycles. The Morgan fingerprint density at radius 1 is 1.17 bits per heavy atom. The van der Waals surface area contributed by atoms with Crippen molar-refractivity contribution in [1.29, 1.82) is 0 Å². The molecule has 2 N–H and O–H groups in total. The monoisotopic (exact) mass is 504 g/mol. The van der Waals surface area contributed by atoms with Crippen molar-refractivity contribution in [3.8, 4) is 18.1 Å². The molecule has 2 aromatic heterocycles. The molecule has 0 aliphatic heterocycles. The maximum Gasteiger partial charge on any atom is 0.191 e. The number of hydrogen-bond acceptors (Lipinski definition) is 4. The van der Waals surface area contributed by atoms with E-state index in [1.165, 1.54) is 5.56 Å². The van der Waals surface area contributed by atoms with Gasteiger partial charge in [0.15, 0.2) is 17.4 Å². The number of nitrogens with one attached hydrogen (secondary N) is 2. The highest BCUT2D eigenvalue weighted by molar-refractivity contribution is 14.0. The number of pyridine rings is 1. The number of aromatic nitrogens is 3. The minimum atomic E-state index is 0. The van der Waals surface area contributed by atoms with Gasteiger partial charge in [-0.05, 0) is 43.2 Å². The molecule has 0 spiro atoms. The number of fused-ring (bicyclic) bond motifs is 1. The fourth-order valence-corrected chi connectivity index (χ4v) is 2.69. The van der Waals surface area contributed by atoms with Crippen molar-refractivity contribution < 1.29 is 4.74 Å². The number of halogens is 1. The number of ether oxygens (including phenoxy) is 1. The first kappa shape index (κ1) is 22.5. The quantitative estimate of drug-likeness (QED) is 0.214. The fraction of sp³-hybridized carbons (Fsp3) is 0.286. The van der Waals surface area contributed by atoms with Crippen LogP contribution < -0.4 is 15.4 Å². The second-order valence-corrected chi connectivity index (χ2v) is 6.05. The van der Waals surface area contributed by atoms with Crippen LogP contribution in [0.5, 0.6) is 5.75 Å². The minimum Gasteiger partial charge on any atom is -0.481 e. The molecule has 0 fully saturated rings. The Kier molecular flexibility index (Phi) is 9.24. The Balaban J connectivity index is 0.00000300. The molecule has 0 aliphatic rings. The Morgan fingerprint density at radius 2 is 2.00 bits per heavy atom. The molecule has 0 amide bonds. The van der Waals surface area contributed by atoms with Crippen LogP contribution in [-0.2, 0) is 13.0 Å². The molecule has 0 radical (unpaired) electrons. The number of nitrogens with zero attached hydrogens (tertiary/aromatic N) is 4. The number of terminal acetylenes is 1. The van der Waals surface area contributed by atoms with Crippen LogP contribution in [0.1, 0.15) is 18.3 Å². The average Bonchev–Trinajstić information content (AvgIpc) is 3.14. The van der Waals surface area contributed by atoms with Crippen LogP contribution in [0.25, 0.3) is 5.65 Å². The van der Waals surface area contributed by atoms with Crippen LogP contribution in [0, 0.1) is 12.3 Å². The number of guanidine groups is 1. The van der Waals surface area contributed by atoms with Gasteiger partial charge >= 0.3 is 0 Å². The Hall–Kier alpha value is -2.80. The van der Waals surface area contributed by atoms with Gasteiger partial charge in [0.2, 0.25) is 0 Å². The first-order valence-electron chi connectivity index (χ1n) is 9.26. The third-order valence-electron chi connectivity index (χ3n) is 4.06. The largest absolute Gasteiger partial charge is 0.481 e. The normalized spacial score (nSPS) is 10.8. The lowest BCUT2D eigenvalue weighted by Gasteiger charge is -2.11. The molecule has 29 heavy (non-hydrogen) atoms. The molecule has 3 aromatic rings. The summed E-state index contributed by atoms with van der Waals surface area (Å²) in [6, 6.07) is 13.8. The van der Waals surface area contributed by atoms with Crippen LogP contribution >= 0.6 is 24.0 Å². The molecule has 0 saturated carbocycles. The predicted molar refractivity (Wildman–Crippen MR) is 126 cm³/mol. The zero-order chi connectivity index (χ0) is 19.6. The van der Waals surface area contributed by atoms with Crippen molar-refractivity contribution in [3.63, 3.8) is 0 Å². The summed E-state index contributed by atoms with van der Waals surface area (Å²) in [5, 5.41) is 15.0. The molecule has 2 heterocycles. The van der Waals surface area contributed by atoms with Crippen molar-refractivity contribution in [1.82, 2.24) is 25.2 Å². The van der Waals surface area contributed by atoms with E-state index >= 15 is 0 Å². The summed E-state index contributed by atoms with van der Waals surface area (Å²) in [7, 11) is 0. The van der Waals surface area contributed by atoms with Crippen LogP contribution in [-0.4, -0.2) is 40.3 Å². The van der Waals surface area contributed by atoms with Gasteiger partial charge in [0.05, 0.1) is 0 Å². The Bertz CT molecular complexity index is 961. The van der Waals surface area contributed by atoms with Crippen LogP contribution in [0.2, 0.25) is 0 Å². The van der Waals surface area contributed by atoms with Gasteiger partial charge in [-0.1, -0.05) is 24.1 Å². The van der Waals surface area contributed by atoms with Crippen molar-refractivity contribution >= 4 is 35.6 Å². The van der Waals surface area contributed by atoms with Crippen molar-refractivity contribution in [2.75, 3.05) is 19.7 Å². The van der Waals surface area contributed by atoms with Crippen LogP contribution in [0.15, 0.2) is 53.7 Å². The smallest absolute Gasteiger partial charge is 0.191 e. The zero-order valence-corrected chi connectivity index (χ0v) is 18.7. The van der Waals surface area contributed by atoms with E-state index in [1.54, 1.807) is 0 Å². The highest BCUT2D eigenvalue weighted by atomic mass is 127. The highest BCUT2D eigenvalue weighted by Crippen LogP contribution is 2.12. The van der Waals surface area contributed by atoms with E-state index in [-0.39, 0.29) is 30.6 Å². The molecule has 0 unspecified atom stereocenters. The number of benzene rings is 1. The first-order chi connectivity index (χ1) is 13.8. The maximum atomic E-state index is 5.39. The van der Waals surface area contributed by atoms with Crippen molar-refractivity contribution in [3.05, 3.63) is 60.0 Å². The summed E-state index contributed by atoms with van der Waals surface area (Å²) in [5.74, 6) is 4.80. The molecule has 0 bridgehead atoms. The third-order valence-corrected chi connectivity index (χ3v) is 4.06. The lowest BCUT2D eigenvalue weighted by atomic mass is 10.1. The Labute approximate surface area is 188 Å². The second kappa shape index (κ2) is 11.9. The Morgan fingerprint density at radius 3 is 2.76 bits per heavy atom. The van der Waals surface area contributed by atoms with Gasteiger partial charge in [0.1, 0.15) is 18.9 Å². The summed E-state index contributed by atoms with van der Waals surface area (Å²) in [6.07, 6.45) is 8.01. The van der Waals surface area contributed by atoms with E-state index in [4.69, 9.17) is 11.2 Å². The molecular formula is C21H25IN6O. The molecule has 1 aromatic carbocycles. The van der Waals surface area contributed by atoms with Gasteiger partial charge in [0.25, 0.3) is 0 Å². The molecule has 152 valence electrons. The summed E-state index contributed by atoms with van der Waals surface area (Å²) >= 11 is 0. The number of rotatable bonds is 8. The molecule has 0 aliphatic carbocycles. The summed E-state index contributed by atoms with van der Waals surface area (Å²) in [5.41, 5.74) is 2.03. The van der Waals surface area contributed by atoms with Crippen LogP contribution in [0.4, 0.5) is 0 Å². The summed E-state index contributed by atoms with van der Waals surface area (Å²) < 4.78 is 7.33. The van der Waals surface area contributed by atoms with Crippen molar-refractivity contribution in [2.24, 2.45) is 4.99 Å². The van der Waals surface area contributed by atoms with E-state index in [0.717, 1.165) is 42.7 Å². The average molecular weight is 504 g/mol. The first-order valence-corrected chi connectivity index (χ1v) is 9.26. The summed E-state index contributed by atoms with van der Waals surface area (Å²) in [4.78, 5) is 4.62. The van der Waals surface area contributed by atoms with E-state index in [1.807, 2.05) is 60.0 Å². The van der Waals surface area contributed by atoms with Crippen LogP contribution in [0.3, 0.4) is 0 Å². The molecule has 0 atom stereocenters. The van der Waals surface area contributed by atoms with Gasteiger partial charge < -0.3 is 15.4 Å². The van der Waals surface area contributed by atoms with E-state index in [2.05, 4.69) is 31.7 Å². The fourth-order valence-electron chi connectivity index (χ4n) is 2.69. The number of aliphatic imine (C=N–C) groups is 1. The standard InChI is InChI=1S/C21H24N6O.HI/c1-3-15-28-18-10-8-17(9-11-18)12-13-23-21(22-4-2)24-16-20-26-25-19-7-5-6-14-27(19)20;/h1,5-11,14H,4,12-13,15-16H2,2H3,(H2,22,23,24);1H. The second-order valence-electron chi connectivity index (χ2n) is 6.05. The highest BCUT2D eigenvalue weighted by Gasteiger charge is 2.04. The SMILES string of the molecule is C#CCOc1ccc(CCNC(=NCc2nnc3ccccn23)NCC)cc1.I.